The number of hydrazone groups is 1. The van der Waals surface area contributed by atoms with Gasteiger partial charge in [-0.3, -0.25) is 20.2 Å². The van der Waals surface area contributed by atoms with Gasteiger partial charge in [0.2, 0.25) is 0 Å². The Bertz CT molecular complexity index is 1120. The van der Waals surface area contributed by atoms with Crippen LogP contribution in [-0.4, -0.2) is 25.5 Å². The first kappa shape index (κ1) is 18.3. The Kier molecular flexibility index (Phi) is 4.94. The lowest BCUT2D eigenvalue weighted by atomic mass is 10.2. The molecule has 0 radical (unpaired) electrons. The first-order chi connectivity index (χ1) is 13.5. The molecule has 0 saturated heterocycles. The zero-order chi connectivity index (χ0) is 19.7. The molecule has 142 valence electrons. The van der Waals surface area contributed by atoms with Gasteiger partial charge < -0.3 is 0 Å². The Morgan fingerprint density at radius 2 is 2.00 bits per heavy atom. The second-order valence-corrected chi connectivity index (χ2v) is 7.28. The van der Waals surface area contributed by atoms with Crippen molar-refractivity contribution in [2.75, 3.05) is 0 Å². The number of amidine groups is 1. The summed E-state index contributed by atoms with van der Waals surface area (Å²) in [5.74, 6) is 0.619. The summed E-state index contributed by atoms with van der Waals surface area (Å²) < 4.78 is 3.32. The van der Waals surface area contributed by atoms with Crippen LogP contribution in [0.15, 0.2) is 64.3 Å². The van der Waals surface area contributed by atoms with Crippen molar-refractivity contribution in [1.29, 1.82) is 0 Å². The predicted molar refractivity (Wildman–Crippen MR) is 110 cm³/mol. The Labute approximate surface area is 172 Å². The average molecular weight is 460 g/mol. The van der Waals surface area contributed by atoms with Gasteiger partial charge in [0.1, 0.15) is 4.64 Å². The Hall–Kier alpha value is -3.02. The maximum atomic E-state index is 10.8. The van der Waals surface area contributed by atoms with Crippen LogP contribution in [0.2, 0.25) is 0 Å². The number of nitrogens with one attached hydrogen (secondary N) is 3. The van der Waals surface area contributed by atoms with Crippen molar-refractivity contribution in [2.24, 2.45) is 5.10 Å². The number of hydrogen-bond acceptors (Lipinski definition) is 7. The number of hydrogen-bond donors (Lipinski definition) is 3. The molecule has 28 heavy (non-hydrogen) atoms. The van der Waals surface area contributed by atoms with Gasteiger partial charge in [-0.1, -0.05) is 46.3 Å². The highest BCUT2D eigenvalue weighted by atomic mass is 79.9. The van der Waals surface area contributed by atoms with Gasteiger partial charge in [-0.15, -0.1) is 10.6 Å². The summed E-state index contributed by atoms with van der Waals surface area (Å²) in [6, 6.07) is 14.2. The molecule has 3 aromatic rings. The van der Waals surface area contributed by atoms with Crippen LogP contribution in [-0.2, 0) is 6.54 Å². The van der Waals surface area contributed by atoms with Crippen LogP contribution in [0.1, 0.15) is 11.1 Å². The van der Waals surface area contributed by atoms with Crippen molar-refractivity contribution < 1.29 is 4.92 Å². The quantitative estimate of drug-likeness (QED) is 0.307. The second-order valence-electron chi connectivity index (χ2n) is 5.98. The molecule has 0 atom stereocenters. The predicted octanol–water partition coefficient (Wildman–Crippen LogP) is 3.39. The van der Waals surface area contributed by atoms with Crippen molar-refractivity contribution >= 4 is 39.7 Å². The summed E-state index contributed by atoms with van der Waals surface area (Å²) in [5, 5.41) is 20.0. The number of halogens is 1. The fourth-order valence-corrected chi connectivity index (χ4v) is 3.51. The monoisotopic (exact) mass is 459 g/mol. The minimum absolute atomic E-state index is 0.0543. The van der Waals surface area contributed by atoms with Crippen molar-refractivity contribution in [3.8, 4) is 5.69 Å². The standard InChI is InChI=1S/C17H14BrN7O2S/c18-12-2-1-3-14(8-12)24-17(28)15(9-19-24)16-20-21-22-23(16)10-11-4-6-13(7-5-11)25(26)27/h1-9,19,21-22H,10H2. The summed E-state index contributed by atoms with van der Waals surface area (Å²) in [7, 11) is 0. The molecule has 1 aliphatic heterocycles. The van der Waals surface area contributed by atoms with E-state index in [9.17, 15) is 10.1 Å². The summed E-state index contributed by atoms with van der Waals surface area (Å²) in [5.41, 5.74) is 8.26. The van der Waals surface area contributed by atoms with E-state index < -0.39 is 4.92 Å². The molecule has 9 nitrogen and oxygen atoms in total. The van der Waals surface area contributed by atoms with E-state index >= 15 is 0 Å². The van der Waals surface area contributed by atoms with Crippen molar-refractivity contribution in [2.45, 2.75) is 6.54 Å². The summed E-state index contributed by atoms with van der Waals surface area (Å²) >= 11 is 9.09. The normalized spacial score (nSPS) is 13.3. The summed E-state index contributed by atoms with van der Waals surface area (Å²) in [6.45, 7) is 0.445. The number of H-pyrrole nitrogens is 1. The Morgan fingerprint density at radius 3 is 2.71 bits per heavy atom. The minimum atomic E-state index is -0.420. The highest BCUT2D eigenvalue weighted by Gasteiger charge is 2.22. The molecule has 0 aliphatic carbocycles. The molecule has 4 rings (SSSR count). The van der Waals surface area contributed by atoms with Crippen molar-refractivity contribution in [1.82, 2.24) is 25.9 Å². The average Bonchev–Trinajstić information content (AvgIpc) is 3.28. The Balaban J connectivity index is 1.59. The van der Waals surface area contributed by atoms with Crippen LogP contribution >= 0.6 is 28.1 Å². The van der Waals surface area contributed by atoms with Crippen molar-refractivity contribution in [3.63, 3.8) is 0 Å². The van der Waals surface area contributed by atoms with Gasteiger partial charge in [0.15, 0.2) is 5.84 Å². The van der Waals surface area contributed by atoms with E-state index in [-0.39, 0.29) is 5.69 Å². The van der Waals surface area contributed by atoms with Crippen LogP contribution in [0.4, 0.5) is 5.69 Å². The lowest BCUT2D eigenvalue weighted by Gasteiger charge is -2.18. The molecular weight excluding hydrogens is 446 g/mol. The molecule has 1 aromatic heterocycles. The fourth-order valence-electron chi connectivity index (χ4n) is 2.81. The van der Waals surface area contributed by atoms with E-state index in [4.69, 9.17) is 12.2 Å². The first-order valence-electron chi connectivity index (χ1n) is 8.19. The molecule has 0 bridgehead atoms. The third-order valence-electron chi connectivity index (χ3n) is 4.17. The zero-order valence-corrected chi connectivity index (χ0v) is 16.7. The van der Waals surface area contributed by atoms with E-state index in [0.29, 0.717) is 17.0 Å². The molecular formula is C17H14BrN7O2S. The summed E-state index contributed by atoms with van der Waals surface area (Å²) in [6.07, 6.45) is 1.79. The zero-order valence-electron chi connectivity index (χ0n) is 14.3. The molecule has 2 aromatic carbocycles. The number of aromatic nitrogens is 2. The SMILES string of the molecule is O=[N+]([O-])c1ccc(CN2NNN=C2c2c[nH]n(-c3cccc(Br)c3)c2=S)cc1. The van der Waals surface area contributed by atoms with E-state index in [0.717, 1.165) is 21.3 Å². The third kappa shape index (κ3) is 3.54. The maximum absolute atomic E-state index is 10.8. The van der Waals surface area contributed by atoms with Crippen LogP contribution < -0.4 is 11.1 Å². The number of hydrazine groups is 2. The molecule has 0 unspecified atom stereocenters. The fraction of sp³-hybridized carbons (Fsp3) is 0.0588. The first-order valence-corrected chi connectivity index (χ1v) is 9.39. The van der Waals surface area contributed by atoms with Gasteiger partial charge in [-0.25, -0.2) is 10.2 Å². The molecule has 0 spiro atoms. The highest BCUT2D eigenvalue weighted by molar-refractivity contribution is 9.10. The Morgan fingerprint density at radius 1 is 1.21 bits per heavy atom. The van der Waals surface area contributed by atoms with Crippen LogP contribution in [0, 0.1) is 14.8 Å². The van der Waals surface area contributed by atoms with Crippen LogP contribution in [0.25, 0.3) is 5.69 Å². The maximum Gasteiger partial charge on any atom is 0.269 e. The van der Waals surface area contributed by atoms with E-state index in [2.05, 4.69) is 37.2 Å². The van der Waals surface area contributed by atoms with E-state index in [1.54, 1.807) is 28.0 Å². The second kappa shape index (κ2) is 7.54. The van der Waals surface area contributed by atoms with E-state index in [1.807, 2.05) is 24.3 Å². The van der Waals surface area contributed by atoms with Crippen molar-refractivity contribution in [3.05, 3.63) is 85.1 Å². The van der Waals surface area contributed by atoms with Gasteiger partial charge in [0, 0.05) is 22.8 Å². The molecule has 11 heteroatoms. The number of benzene rings is 2. The topological polar surface area (TPSA) is 104 Å². The number of nitro groups is 1. The smallest absolute Gasteiger partial charge is 0.269 e. The molecule has 1 aliphatic rings. The third-order valence-corrected chi connectivity index (χ3v) is 5.06. The minimum Gasteiger partial charge on any atom is -0.299 e. The summed E-state index contributed by atoms with van der Waals surface area (Å²) in [4.78, 5) is 10.4. The van der Waals surface area contributed by atoms with Crippen LogP contribution in [0.5, 0.6) is 0 Å². The number of rotatable bonds is 5. The lowest BCUT2D eigenvalue weighted by Crippen LogP contribution is -2.40. The number of aromatic amines is 1. The van der Waals surface area contributed by atoms with Gasteiger partial charge in [0.25, 0.3) is 5.69 Å². The number of nitrogens with zero attached hydrogens (tertiary/aromatic N) is 4. The molecule has 3 N–H and O–H groups in total. The molecule has 0 fully saturated rings. The molecule has 2 heterocycles. The number of nitro benzene ring substituents is 1. The van der Waals surface area contributed by atoms with Gasteiger partial charge >= 0.3 is 0 Å². The van der Waals surface area contributed by atoms with Gasteiger partial charge in [-0.2, -0.15) is 0 Å². The number of non-ortho nitro benzene ring substituents is 1. The van der Waals surface area contributed by atoms with Gasteiger partial charge in [-0.05, 0) is 23.8 Å². The van der Waals surface area contributed by atoms with Gasteiger partial charge in [0.05, 0.1) is 22.7 Å². The van der Waals surface area contributed by atoms with E-state index in [1.165, 1.54) is 12.1 Å². The lowest BCUT2D eigenvalue weighted by molar-refractivity contribution is -0.384. The largest absolute Gasteiger partial charge is 0.299 e. The molecule has 0 saturated carbocycles. The highest BCUT2D eigenvalue weighted by Crippen LogP contribution is 2.19. The van der Waals surface area contributed by atoms with Crippen LogP contribution in [0.3, 0.4) is 0 Å². The molecule has 0 amide bonds.